The highest BCUT2D eigenvalue weighted by Crippen LogP contribution is 2.68. The van der Waals surface area contributed by atoms with E-state index >= 15 is 0 Å². The number of phosphoric acid groups is 6. The SMILES string of the molecule is C=C1N=C(N)C(C)=CN1[C@@H]1O[C@](C)(COP(=O)(O)OP(=O)(O)OP(=O)(O)O)[C@H](O)C1(C)O.C=C1NC(=C)N([C@@H]2O[C@](C)(COP(=O)(O)OP(=O)(O)OP(=O)(O)O)[C@H](O)C2(C)O)C=C1C. The Balaban J connectivity index is 0.000000340. The lowest BCUT2D eigenvalue weighted by Gasteiger charge is -2.39. The Morgan fingerprint density at radius 1 is 0.672 bits per heavy atom. The summed E-state index contributed by atoms with van der Waals surface area (Å²) in [5.74, 6) is 0.470. The topological polar surface area (TPSA) is 476 Å². The van der Waals surface area contributed by atoms with Crippen molar-refractivity contribution in [1.82, 2.24) is 15.1 Å². The summed E-state index contributed by atoms with van der Waals surface area (Å²) in [6.45, 7) is 17.5. The van der Waals surface area contributed by atoms with Gasteiger partial charge in [-0.15, -0.1) is 0 Å². The number of rotatable bonds is 16. The van der Waals surface area contributed by atoms with Crippen LogP contribution in [-0.2, 0) is 63.2 Å². The smallest absolute Gasteiger partial charge is 0.387 e. The first-order chi connectivity index (χ1) is 28.4. The van der Waals surface area contributed by atoms with Crippen LogP contribution in [-0.4, -0.2) is 135 Å². The van der Waals surface area contributed by atoms with E-state index in [4.69, 9.17) is 34.8 Å². The lowest BCUT2D eigenvalue weighted by molar-refractivity contribution is -0.131. The summed E-state index contributed by atoms with van der Waals surface area (Å²) in [6, 6.07) is 0. The number of hydrogen-bond acceptors (Lipinski definition) is 23. The van der Waals surface area contributed by atoms with Gasteiger partial charge in [0.05, 0.1) is 13.2 Å². The molecule has 31 nitrogen and oxygen atoms in total. The van der Waals surface area contributed by atoms with Gasteiger partial charge in [0.15, 0.2) is 12.5 Å². The molecule has 0 radical (unpaired) electrons. The van der Waals surface area contributed by atoms with Crippen LogP contribution in [0.1, 0.15) is 41.5 Å². The molecule has 64 heavy (non-hydrogen) atoms. The molecular formula is C27H49N5O26P6. The number of nitrogens with one attached hydrogen (secondary N) is 1. The molecule has 0 saturated carbocycles. The minimum atomic E-state index is -5.72. The molecule has 0 aliphatic carbocycles. The standard InChI is InChI=1S/C14H25N2O13P3.C13H24N3O13P3/c1-8-6-16(10(3)15-9(8)2)12-14(5,18)11(17)13(4,27-12)7-26-31(22,23)29-32(24,25)28-30(19,20)21;1-7-5-16(8(2)15-9(7)14)11-13(4,18)10(17)12(3,27-11)6-26-31(22,23)29-32(24,25)28-30(19,20)21/h6,11-12,15,17-18H,2-3,7H2,1,4-5H3,(H,22,23)(H,24,25)(H2,19,20,21);5,10-11,17-18H,2,6H2,1,3-4H3,(H2,14,15)(H,22,23)(H,24,25)(H2,19,20,21)/t11-,12+,13+,14?;10-,11+,12+,13?/m00/s1. The minimum Gasteiger partial charge on any atom is -0.387 e. The van der Waals surface area contributed by atoms with Gasteiger partial charge in [-0.05, 0) is 47.1 Å². The van der Waals surface area contributed by atoms with E-state index < -0.39 is 107 Å². The van der Waals surface area contributed by atoms with Crippen LogP contribution in [0.25, 0.3) is 0 Å². The maximum atomic E-state index is 12.0. The van der Waals surface area contributed by atoms with E-state index in [9.17, 15) is 67.4 Å². The number of amidine groups is 1. The van der Waals surface area contributed by atoms with Gasteiger partial charge in [-0.3, -0.25) is 9.05 Å². The molecule has 2 fully saturated rings. The summed E-state index contributed by atoms with van der Waals surface area (Å²) in [7, 11) is -33.5. The first kappa shape index (κ1) is 56.5. The van der Waals surface area contributed by atoms with Crippen LogP contribution in [0.4, 0.5) is 0 Å². The van der Waals surface area contributed by atoms with Crippen molar-refractivity contribution in [2.75, 3.05) is 13.2 Å². The molecule has 4 heterocycles. The molecule has 0 amide bonds. The van der Waals surface area contributed by atoms with E-state index in [1.165, 1.54) is 43.7 Å². The first-order valence-corrected chi connectivity index (χ1v) is 26.3. The van der Waals surface area contributed by atoms with Gasteiger partial charge in [-0.25, -0.2) is 32.4 Å². The van der Waals surface area contributed by atoms with E-state index in [1.54, 1.807) is 20.0 Å². The fourth-order valence-corrected chi connectivity index (χ4v) is 12.3. The van der Waals surface area contributed by atoms with Crippen molar-refractivity contribution >= 4 is 52.8 Å². The molecular weight excluding hydrogens is 996 g/mol. The predicted octanol–water partition coefficient (Wildman–Crippen LogP) is -0.0451. The zero-order chi connectivity index (χ0) is 49.8. The number of hydrogen-bond donors (Lipinski definition) is 14. The number of nitrogens with zero attached hydrogens (tertiary/aromatic N) is 3. The molecule has 15 N–H and O–H groups in total. The van der Waals surface area contributed by atoms with Crippen LogP contribution in [0.5, 0.6) is 0 Å². The van der Waals surface area contributed by atoms with Gasteiger partial charge in [0.1, 0.15) is 52.1 Å². The zero-order valence-corrected chi connectivity index (χ0v) is 39.6. The third-order valence-electron chi connectivity index (χ3n) is 9.09. The predicted molar refractivity (Wildman–Crippen MR) is 213 cm³/mol. The lowest BCUT2D eigenvalue weighted by atomic mass is 9.89. The summed E-state index contributed by atoms with van der Waals surface area (Å²) < 4.78 is 103. The maximum absolute atomic E-state index is 12.0. The lowest BCUT2D eigenvalue weighted by Crippen LogP contribution is -2.54. The fourth-order valence-electron chi connectivity index (χ4n) is 6.06. The molecule has 4 rings (SSSR count). The van der Waals surface area contributed by atoms with Gasteiger partial charge in [-0.1, -0.05) is 19.7 Å². The van der Waals surface area contributed by atoms with Crippen LogP contribution in [0.2, 0.25) is 0 Å². The summed E-state index contributed by atoms with van der Waals surface area (Å²) in [4.78, 5) is 78.5. The van der Waals surface area contributed by atoms with Crippen LogP contribution in [0, 0.1) is 0 Å². The van der Waals surface area contributed by atoms with Gasteiger partial charge in [0.2, 0.25) is 0 Å². The van der Waals surface area contributed by atoms with E-state index in [1.807, 2.05) is 0 Å². The minimum absolute atomic E-state index is 0.0581. The monoisotopic (exact) mass is 1050 g/mol. The first-order valence-electron chi connectivity index (χ1n) is 17.2. The number of allylic oxidation sites excluding steroid dienone is 1. The largest absolute Gasteiger partial charge is 0.490 e. The summed E-state index contributed by atoms with van der Waals surface area (Å²) in [6.07, 6.45) is -3.08. The Labute approximate surface area is 363 Å². The van der Waals surface area contributed by atoms with E-state index in [0.29, 0.717) is 16.8 Å². The van der Waals surface area contributed by atoms with Gasteiger partial charge >= 0.3 is 46.9 Å². The molecule has 0 aromatic carbocycles. The van der Waals surface area contributed by atoms with Crippen LogP contribution >= 0.6 is 46.9 Å². The van der Waals surface area contributed by atoms with Crippen molar-refractivity contribution in [3.8, 4) is 0 Å². The van der Waals surface area contributed by atoms with Gasteiger partial charge in [0.25, 0.3) is 0 Å². The molecule has 6 unspecified atom stereocenters. The number of aliphatic hydroxyl groups is 4. The second kappa shape index (κ2) is 18.9. The zero-order valence-electron chi connectivity index (χ0n) is 34.2. The maximum Gasteiger partial charge on any atom is 0.490 e. The molecule has 4 aliphatic rings. The number of aliphatic imine (C=N–C) groups is 1. The number of ether oxygens (including phenoxy) is 2. The van der Waals surface area contributed by atoms with Gasteiger partial charge in [0, 0.05) is 23.7 Å². The summed E-state index contributed by atoms with van der Waals surface area (Å²) in [5, 5.41) is 45.9. The van der Waals surface area contributed by atoms with E-state index in [-0.39, 0.29) is 17.5 Å². The molecule has 37 heteroatoms. The average Bonchev–Trinajstić information content (AvgIpc) is 3.37. The highest BCUT2D eigenvalue weighted by molar-refractivity contribution is 7.67. The molecule has 0 aromatic heterocycles. The van der Waals surface area contributed by atoms with Crippen molar-refractivity contribution in [1.29, 1.82) is 0 Å². The number of nitrogens with two attached hydrogens (primary N) is 1. The van der Waals surface area contributed by atoms with Crippen molar-refractivity contribution < 1.29 is 123 Å². The van der Waals surface area contributed by atoms with Crippen molar-refractivity contribution in [3.63, 3.8) is 0 Å². The Hall–Kier alpha value is -1.85. The second-order valence-corrected chi connectivity index (χ2v) is 23.8. The highest BCUT2D eigenvalue weighted by atomic mass is 31.3. The molecule has 4 aliphatic heterocycles. The van der Waals surface area contributed by atoms with Crippen molar-refractivity contribution in [2.24, 2.45) is 10.7 Å². The summed E-state index contributed by atoms with van der Waals surface area (Å²) >= 11 is 0. The molecule has 0 spiro atoms. The normalized spacial score (nSPS) is 35.2. The number of phosphoric ester groups is 2. The van der Waals surface area contributed by atoms with Crippen LogP contribution in [0.3, 0.4) is 0 Å². The second-order valence-electron chi connectivity index (χ2n) is 15.0. The van der Waals surface area contributed by atoms with E-state index in [0.717, 1.165) is 0 Å². The van der Waals surface area contributed by atoms with Crippen molar-refractivity contribution in [3.05, 3.63) is 60.6 Å². The fraction of sp³-hybridized carbons (Fsp3) is 0.593. The Bertz CT molecular complexity index is 2270. The molecule has 12 atom stereocenters. The third-order valence-corrected chi connectivity index (χ3v) is 16.7. The summed E-state index contributed by atoms with van der Waals surface area (Å²) in [5.41, 5.74) is -0.352. The van der Waals surface area contributed by atoms with Gasteiger partial charge in [-0.2, -0.15) is 17.2 Å². The average molecular weight is 1050 g/mol. The van der Waals surface area contributed by atoms with Crippen LogP contribution in [0.15, 0.2) is 65.6 Å². The molecule has 0 aromatic rings. The Morgan fingerprint density at radius 3 is 1.41 bits per heavy atom. The number of aliphatic hydroxyl groups excluding tert-OH is 2. The molecule has 368 valence electrons. The quantitative estimate of drug-likeness (QED) is 0.0902. The Kier molecular flexibility index (Phi) is 16.7. The van der Waals surface area contributed by atoms with Crippen LogP contribution < -0.4 is 11.1 Å². The van der Waals surface area contributed by atoms with Gasteiger partial charge < -0.3 is 89.9 Å². The molecule has 0 bridgehead atoms. The molecule has 2 saturated heterocycles. The van der Waals surface area contributed by atoms with Crippen molar-refractivity contribution in [2.45, 2.75) is 88.6 Å². The highest BCUT2D eigenvalue weighted by Gasteiger charge is 2.63. The Morgan fingerprint density at radius 2 is 1.03 bits per heavy atom. The van der Waals surface area contributed by atoms with E-state index in [2.05, 4.69) is 56.3 Å². The third kappa shape index (κ3) is 14.1.